The minimum atomic E-state index is -0.465. The van der Waals surface area contributed by atoms with Crippen LogP contribution >= 0.6 is 35.0 Å². The maximum absolute atomic E-state index is 11.4. The van der Waals surface area contributed by atoms with Crippen molar-refractivity contribution in [2.45, 2.75) is 6.04 Å². The lowest BCUT2D eigenvalue weighted by atomic mass is 10.2. The van der Waals surface area contributed by atoms with Crippen LogP contribution in [-0.4, -0.2) is 29.9 Å². The quantitative estimate of drug-likeness (QED) is 0.786. The molecule has 6 heteroatoms. The van der Waals surface area contributed by atoms with E-state index in [4.69, 9.17) is 23.2 Å². The van der Waals surface area contributed by atoms with E-state index in [2.05, 4.69) is 9.73 Å². The van der Waals surface area contributed by atoms with Gasteiger partial charge in [0.1, 0.15) is 5.04 Å². The van der Waals surface area contributed by atoms with E-state index >= 15 is 0 Å². The molecule has 1 aliphatic rings. The first kappa shape index (κ1) is 12.7. The van der Waals surface area contributed by atoms with Gasteiger partial charge in [0.05, 0.1) is 17.2 Å². The zero-order valence-electron chi connectivity index (χ0n) is 8.94. The Labute approximate surface area is 113 Å². The summed E-state index contributed by atoms with van der Waals surface area (Å²) in [7, 11) is 1.35. The van der Waals surface area contributed by atoms with Gasteiger partial charge in [-0.15, -0.1) is 11.8 Å². The summed E-state index contributed by atoms with van der Waals surface area (Å²) in [6, 6.07) is 4.80. The molecule has 0 saturated heterocycles. The number of carbonyl (C=O) groups is 1. The maximum atomic E-state index is 11.4. The number of benzene rings is 1. The Kier molecular flexibility index (Phi) is 3.97. The van der Waals surface area contributed by atoms with Gasteiger partial charge in [0, 0.05) is 11.3 Å². The predicted octanol–water partition coefficient (Wildman–Crippen LogP) is 3.03. The molecule has 17 heavy (non-hydrogen) atoms. The van der Waals surface area contributed by atoms with Crippen LogP contribution in [0.4, 0.5) is 0 Å². The Balaban J connectivity index is 2.33. The van der Waals surface area contributed by atoms with Gasteiger partial charge in [-0.05, 0) is 12.1 Å². The summed E-state index contributed by atoms with van der Waals surface area (Å²) in [6.07, 6.45) is 0. The van der Waals surface area contributed by atoms with Crippen LogP contribution in [0.15, 0.2) is 23.2 Å². The van der Waals surface area contributed by atoms with E-state index in [1.807, 2.05) is 0 Å². The first-order chi connectivity index (χ1) is 8.13. The fourth-order valence-electron chi connectivity index (χ4n) is 1.47. The summed E-state index contributed by atoms with van der Waals surface area (Å²) < 4.78 is 4.65. The molecule has 0 bridgehead atoms. The van der Waals surface area contributed by atoms with Gasteiger partial charge < -0.3 is 4.74 Å². The Morgan fingerprint density at radius 1 is 1.47 bits per heavy atom. The van der Waals surface area contributed by atoms with Crippen molar-refractivity contribution in [1.82, 2.24) is 0 Å². The molecule has 0 fully saturated rings. The van der Waals surface area contributed by atoms with Crippen molar-refractivity contribution in [3.63, 3.8) is 0 Å². The number of methoxy groups -OCH3 is 1. The largest absolute Gasteiger partial charge is 0.467 e. The maximum Gasteiger partial charge on any atom is 0.331 e. The van der Waals surface area contributed by atoms with Crippen LogP contribution in [0.2, 0.25) is 10.0 Å². The smallest absolute Gasteiger partial charge is 0.331 e. The fourth-order valence-corrected chi connectivity index (χ4v) is 3.25. The van der Waals surface area contributed by atoms with Gasteiger partial charge in [0.2, 0.25) is 0 Å². The number of hydrogen-bond acceptors (Lipinski definition) is 4. The second kappa shape index (κ2) is 5.29. The average molecular weight is 290 g/mol. The van der Waals surface area contributed by atoms with Crippen LogP contribution in [0, 0.1) is 0 Å². The van der Waals surface area contributed by atoms with Crippen LogP contribution in [-0.2, 0) is 9.53 Å². The number of ether oxygens (including phenoxy) is 1. The Hall–Kier alpha value is -0.710. The molecule has 1 aromatic rings. The molecule has 1 heterocycles. The minimum Gasteiger partial charge on any atom is -0.467 e. The molecule has 1 atom stereocenters. The number of nitrogens with zero attached hydrogens (tertiary/aromatic N) is 1. The third kappa shape index (κ3) is 2.59. The Morgan fingerprint density at radius 2 is 2.12 bits per heavy atom. The van der Waals surface area contributed by atoms with Crippen LogP contribution in [0.3, 0.4) is 0 Å². The summed E-state index contributed by atoms with van der Waals surface area (Å²) in [5.74, 6) is 0.222. The highest BCUT2D eigenvalue weighted by atomic mass is 35.5. The zero-order chi connectivity index (χ0) is 12.4. The minimum absolute atomic E-state index is 0.337. The SMILES string of the molecule is COC(=O)[C@H]1CSC(c2c(Cl)cccc2Cl)=N1. The van der Waals surface area contributed by atoms with E-state index in [1.165, 1.54) is 18.9 Å². The van der Waals surface area contributed by atoms with Gasteiger partial charge in [-0.25, -0.2) is 4.79 Å². The van der Waals surface area contributed by atoms with Crippen LogP contribution in [0.1, 0.15) is 5.56 Å². The van der Waals surface area contributed by atoms with Crippen molar-refractivity contribution in [2.75, 3.05) is 12.9 Å². The second-order valence-corrected chi connectivity index (χ2v) is 5.20. The number of esters is 1. The monoisotopic (exact) mass is 289 g/mol. The molecular weight excluding hydrogens is 281 g/mol. The lowest BCUT2D eigenvalue weighted by Gasteiger charge is -2.04. The number of carbonyl (C=O) groups excluding carboxylic acids is 1. The van der Waals surface area contributed by atoms with E-state index in [0.29, 0.717) is 26.4 Å². The lowest BCUT2D eigenvalue weighted by Crippen LogP contribution is -2.19. The van der Waals surface area contributed by atoms with Gasteiger partial charge in [0.25, 0.3) is 0 Å². The fraction of sp³-hybridized carbons (Fsp3) is 0.273. The van der Waals surface area contributed by atoms with Gasteiger partial charge in [-0.1, -0.05) is 29.3 Å². The lowest BCUT2D eigenvalue weighted by molar-refractivity contribution is -0.141. The summed E-state index contributed by atoms with van der Waals surface area (Å²) in [5, 5.41) is 1.76. The van der Waals surface area contributed by atoms with E-state index in [1.54, 1.807) is 18.2 Å². The van der Waals surface area contributed by atoms with Crippen molar-refractivity contribution in [2.24, 2.45) is 4.99 Å². The molecule has 0 aromatic heterocycles. The molecule has 0 unspecified atom stereocenters. The average Bonchev–Trinajstić information content (AvgIpc) is 2.77. The van der Waals surface area contributed by atoms with E-state index in [9.17, 15) is 4.79 Å². The molecule has 0 N–H and O–H groups in total. The second-order valence-electron chi connectivity index (χ2n) is 3.38. The number of hydrogen-bond donors (Lipinski definition) is 0. The molecule has 1 aliphatic heterocycles. The topological polar surface area (TPSA) is 38.7 Å². The normalized spacial score (nSPS) is 19.0. The summed E-state index contributed by atoms with van der Waals surface area (Å²) in [4.78, 5) is 15.6. The van der Waals surface area contributed by atoms with Crippen LogP contribution < -0.4 is 0 Å². The number of halogens is 2. The zero-order valence-corrected chi connectivity index (χ0v) is 11.3. The highest BCUT2D eigenvalue weighted by Crippen LogP contribution is 2.32. The first-order valence-corrected chi connectivity index (χ1v) is 6.60. The molecular formula is C11H9Cl2NO2S. The van der Waals surface area contributed by atoms with Crippen molar-refractivity contribution in [3.05, 3.63) is 33.8 Å². The summed E-state index contributed by atoms with van der Waals surface area (Å²) in [5.41, 5.74) is 0.687. The van der Waals surface area contributed by atoms with E-state index in [0.717, 1.165) is 0 Å². The van der Waals surface area contributed by atoms with Crippen molar-refractivity contribution < 1.29 is 9.53 Å². The summed E-state index contributed by atoms with van der Waals surface area (Å²) in [6.45, 7) is 0. The van der Waals surface area contributed by atoms with Crippen molar-refractivity contribution in [3.8, 4) is 0 Å². The van der Waals surface area contributed by atoms with E-state index < -0.39 is 6.04 Å². The molecule has 0 amide bonds. The van der Waals surface area contributed by atoms with Gasteiger partial charge >= 0.3 is 5.97 Å². The molecule has 2 rings (SSSR count). The number of thioether (sulfide) groups is 1. The van der Waals surface area contributed by atoms with E-state index in [-0.39, 0.29) is 5.97 Å². The highest BCUT2D eigenvalue weighted by Gasteiger charge is 2.28. The van der Waals surface area contributed by atoms with Crippen LogP contribution in [0.25, 0.3) is 0 Å². The number of aliphatic imine (C=N–C) groups is 1. The van der Waals surface area contributed by atoms with Crippen molar-refractivity contribution >= 4 is 46.0 Å². The third-order valence-electron chi connectivity index (χ3n) is 2.30. The van der Waals surface area contributed by atoms with Gasteiger partial charge in [-0.2, -0.15) is 0 Å². The molecule has 90 valence electrons. The van der Waals surface area contributed by atoms with Crippen molar-refractivity contribution in [1.29, 1.82) is 0 Å². The molecule has 0 spiro atoms. The first-order valence-electron chi connectivity index (χ1n) is 4.86. The number of rotatable bonds is 2. The standard InChI is InChI=1S/C11H9Cl2NO2S/c1-16-11(15)8-5-17-10(14-8)9-6(12)3-2-4-7(9)13/h2-4,8H,5H2,1H3/t8-/m1/s1. The summed E-state index contributed by atoms with van der Waals surface area (Å²) >= 11 is 13.6. The molecule has 0 aliphatic carbocycles. The van der Waals surface area contributed by atoms with Gasteiger partial charge in [0.15, 0.2) is 6.04 Å². The van der Waals surface area contributed by atoms with Crippen LogP contribution in [0.5, 0.6) is 0 Å². The Bertz CT molecular complexity index is 470. The predicted molar refractivity (Wildman–Crippen MR) is 71.3 cm³/mol. The molecule has 1 aromatic carbocycles. The van der Waals surface area contributed by atoms with Gasteiger partial charge in [-0.3, -0.25) is 4.99 Å². The molecule has 0 saturated carbocycles. The third-order valence-corrected chi connectivity index (χ3v) is 4.00. The Morgan fingerprint density at radius 3 is 2.71 bits per heavy atom. The molecule has 0 radical (unpaired) electrons. The molecule has 3 nitrogen and oxygen atoms in total. The highest BCUT2D eigenvalue weighted by molar-refractivity contribution is 8.14.